The smallest absolute Gasteiger partial charge is 0.276 e. The first-order valence-electron chi connectivity index (χ1n) is 10.5. The molecule has 1 atom stereocenters. The number of guanidine groups is 1. The van der Waals surface area contributed by atoms with Crippen molar-refractivity contribution in [1.82, 2.24) is 25.8 Å². The minimum Gasteiger partial charge on any atom is -0.493 e. The Bertz CT molecular complexity index is 960. The molecule has 32 heavy (non-hydrogen) atoms. The van der Waals surface area contributed by atoms with Gasteiger partial charge in [-0.3, -0.25) is 9.98 Å². The van der Waals surface area contributed by atoms with E-state index in [-0.39, 0.29) is 30.0 Å². The molecule has 0 spiro atoms. The highest BCUT2D eigenvalue weighted by atomic mass is 127. The lowest BCUT2D eigenvalue weighted by Gasteiger charge is -2.18. The lowest BCUT2D eigenvalue weighted by Crippen LogP contribution is -2.39. The first-order chi connectivity index (χ1) is 15.0. The zero-order valence-corrected chi connectivity index (χ0v) is 21.2. The molecule has 0 aliphatic heterocycles. The molecular formula is C23H31IN6O2. The highest BCUT2D eigenvalue weighted by Crippen LogP contribution is 2.18. The number of aliphatic imine (C=N–C) groups is 1. The van der Waals surface area contributed by atoms with E-state index < -0.39 is 0 Å². The lowest BCUT2D eigenvalue weighted by molar-refractivity contribution is 0.271. The van der Waals surface area contributed by atoms with Gasteiger partial charge in [-0.15, -0.1) is 24.0 Å². The van der Waals surface area contributed by atoms with E-state index in [4.69, 9.17) is 9.26 Å². The zero-order valence-electron chi connectivity index (χ0n) is 18.9. The molecule has 2 heterocycles. The number of halogens is 1. The van der Waals surface area contributed by atoms with Crippen molar-refractivity contribution < 1.29 is 9.26 Å². The van der Waals surface area contributed by atoms with E-state index in [0.29, 0.717) is 48.9 Å². The molecule has 3 rings (SSSR count). The van der Waals surface area contributed by atoms with Crippen molar-refractivity contribution in [3.05, 3.63) is 60.0 Å². The number of hydrogen-bond donors (Lipinski definition) is 2. The molecule has 1 unspecified atom stereocenters. The van der Waals surface area contributed by atoms with Crippen LogP contribution >= 0.6 is 24.0 Å². The summed E-state index contributed by atoms with van der Waals surface area (Å²) in [5.41, 5.74) is 1.82. The fourth-order valence-electron chi connectivity index (χ4n) is 2.84. The van der Waals surface area contributed by atoms with Gasteiger partial charge in [0, 0.05) is 26.2 Å². The summed E-state index contributed by atoms with van der Waals surface area (Å²) in [5.74, 6) is 3.14. The van der Waals surface area contributed by atoms with E-state index in [1.54, 1.807) is 13.2 Å². The van der Waals surface area contributed by atoms with E-state index in [0.717, 1.165) is 11.3 Å². The van der Waals surface area contributed by atoms with Crippen LogP contribution in [0.25, 0.3) is 11.6 Å². The van der Waals surface area contributed by atoms with Crippen LogP contribution in [0.1, 0.15) is 38.2 Å². The van der Waals surface area contributed by atoms with Crippen molar-refractivity contribution in [3.8, 4) is 17.3 Å². The molecule has 0 aliphatic rings. The number of pyridine rings is 1. The average Bonchev–Trinajstić information content (AvgIpc) is 3.27. The van der Waals surface area contributed by atoms with Crippen LogP contribution in [-0.4, -0.2) is 41.3 Å². The van der Waals surface area contributed by atoms with Gasteiger partial charge >= 0.3 is 0 Å². The Morgan fingerprint density at radius 2 is 1.91 bits per heavy atom. The highest BCUT2D eigenvalue weighted by Gasteiger charge is 2.11. The van der Waals surface area contributed by atoms with Crippen LogP contribution in [0.2, 0.25) is 0 Å². The molecule has 3 aromatic rings. The summed E-state index contributed by atoms with van der Waals surface area (Å²) < 4.78 is 11.0. The average molecular weight is 550 g/mol. The van der Waals surface area contributed by atoms with Crippen LogP contribution in [0, 0.1) is 5.92 Å². The SMILES string of the molecule is CN=C(NCCc1noc(-c2ccccn2)n1)NC(C)c1ccc(OCC(C)C)cc1.I. The maximum absolute atomic E-state index is 5.75. The summed E-state index contributed by atoms with van der Waals surface area (Å²) in [7, 11) is 1.75. The monoisotopic (exact) mass is 550 g/mol. The summed E-state index contributed by atoms with van der Waals surface area (Å²) in [6, 6.07) is 13.8. The summed E-state index contributed by atoms with van der Waals surface area (Å²) in [6.45, 7) is 7.70. The minimum atomic E-state index is 0. The van der Waals surface area contributed by atoms with E-state index >= 15 is 0 Å². The second-order valence-corrected chi connectivity index (χ2v) is 7.62. The third-order valence-corrected chi connectivity index (χ3v) is 4.53. The molecule has 0 radical (unpaired) electrons. The third kappa shape index (κ3) is 7.77. The number of benzene rings is 1. The molecule has 1 aromatic carbocycles. The van der Waals surface area contributed by atoms with Crippen molar-refractivity contribution in [2.45, 2.75) is 33.2 Å². The Kier molecular flexibility index (Phi) is 10.4. The summed E-state index contributed by atoms with van der Waals surface area (Å²) in [5, 5.41) is 10.7. The maximum Gasteiger partial charge on any atom is 0.276 e. The van der Waals surface area contributed by atoms with Gasteiger partial charge in [-0.2, -0.15) is 4.98 Å². The Morgan fingerprint density at radius 1 is 1.12 bits per heavy atom. The fraction of sp³-hybridized carbons (Fsp3) is 0.391. The number of ether oxygens (including phenoxy) is 1. The standard InChI is InChI=1S/C23H30N6O2.HI/c1-16(2)15-30-19-10-8-18(9-11-19)17(3)27-23(24-4)26-14-12-21-28-22(31-29-21)20-7-5-6-13-25-20;/h5-11,13,16-17H,12,14-15H2,1-4H3,(H2,24,26,27);1H. The predicted molar refractivity (Wildman–Crippen MR) is 136 cm³/mol. The molecule has 2 aromatic heterocycles. The van der Waals surface area contributed by atoms with Crippen molar-refractivity contribution in [1.29, 1.82) is 0 Å². The van der Waals surface area contributed by atoms with E-state index in [2.05, 4.69) is 63.7 Å². The molecule has 0 bridgehead atoms. The lowest BCUT2D eigenvalue weighted by atomic mass is 10.1. The van der Waals surface area contributed by atoms with Crippen LogP contribution < -0.4 is 15.4 Å². The van der Waals surface area contributed by atoms with E-state index in [9.17, 15) is 0 Å². The fourth-order valence-corrected chi connectivity index (χ4v) is 2.84. The molecule has 0 saturated carbocycles. The van der Waals surface area contributed by atoms with Crippen LogP contribution in [0.4, 0.5) is 0 Å². The second-order valence-electron chi connectivity index (χ2n) is 7.62. The molecular weight excluding hydrogens is 519 g/mol. The van der Waals surface area contributed by atoms with E-state index in [1.165, 1.54) is 0 Å². The Morgan fingerprint density at radius 3 is 2.56 bits per heavy atom. The van der Waals surface area contributed by atoms with Gasteiger partial charge in [0.1, 0.15) is 11.4 Å². The normalized spacial score (nSPS) is 12.2. The zero-order chi connectivity index (χ0) is 22.1. The van der Waals surface area contributed by atoms with Gasteiger partial charge in [0.2, 0.25) is 0 Å². The number of rotatable bonds is 9. The quantitative estimate of drug-likeness (QED) is 0.234. The third-order valence-electron chi connectivity index (χ3n) is 4.53. The Balaban J connectivity index is 0.00000363. The largest absolute Gasteiger partial charge is 0.493 e. The molecule has 2 N–H and O–H groups in total. The molecule has 172 valence electrons. The number of nitrogens with one attached hydrogen (secondary N) is 2. The van der Waals surface area contributed by atoms with Crippen molar-refractivity contribution in [2.24, 2.45) is 10.9 Å². The van der Waals surface area contributed by atoms with Crippen molar-refractivity contribution in [2.75, 3.05) is 20.2 Å². The van der Waals surface area contributed by atoms with Crippen molar-refractivity contribution in [3.63, 3.8) is 0 Å². The van der Waals surface area contributed by atoms with Gasteiger partial charge in [-0.25, -0.2) is 0 Å². The molecule has 0 amide bonds. The predicted octanol–water partition coefficient (Wildman–Crippen LogP) is 4.25. The summed E-state index contributed by atoms with van der Waals surface area (Å²) >= 11 is 0. The van der Waals surface area contributed by atoms with Crippen LogP contribution in [0.15, 0.2) is 58.2 Å². The summed E-state index contributed by atoms with van der Waals surface area (Å²) in [4.78, 5) is 12.9. The van der Waals surface area contributed by atoms with Gasteiger partial charge in [0.05, 0.1) is 12.6 Å². The molecule has 8 nitrogen and oxygen atoms in total. The van der Waals surface area contributed by atoms with Crippen LogP contribution in [0.5, 0.6) is 5.75 Å². The Labute approximate surface area is 206 Å². The van der Waals surface area contributed by atoms with Gasteiger partial charge < -0.3 is 19.9 Å². The number of hydrogen-bond acceptors (Lipinski definition) is 6. The topological polar surface area (TPSA) is 97.5 Å². The van der Waals surface area contributed by atoms with Gasteiger partial charge in [-0.1, -0.05) is 37.2 Å². The molecule has 0 aliphatic carbocycles. The van der Waals surface area contributed by atoms with Gasteiger partial charge in [0.25, 0.3) is 5.89 Å². The molecule has 9 heteroatoms. The maximum atomic E-state index is 5.75. The number of aromatic nitrogens is 3. The molecule has 0 fully saturated rings. The number of nitrogens with zero attached hydrogens (tertiary/aromatic N) is 4. The van der Waals surface area contributed by atoms with Gasteiger partial charge in [0.15, 0.2) is 11.8 Å². The first kappa shape index (κ1) is 25.6. The minimum absolute atomic E-state index is 0. The van der Waals surface area contributed by atoms with Crippen LogP contribution in [0.3, 0.4) is 0 Å². The second kappa shape index (κ2) is 13.0. The van der Waals surface area contributed by atoms with Crippen molar-refractivity contribution >= 4 is 29.9 Å². The summed E-state index contributed by atoms with van der Waals surface area (Å²) in [6.07, 6.45) is 2.30. The first-order valence-corrected chi connectivity index (χ1v) is 10.5. The Hall–Kier alpha value is -2.69. The van der Waals surface area contributed by atoms with Gasteiger partial charge in [-0.05, 0) is 42.7 Å². The highest BCUT2D eigenvalue weighted by molar-refractivity contribution is 14.0. The van der Waals surface area contributed by atoms with Crippen LogP contribution in [-0.2, 0) is 6.42 Å². The van der Waals surface area contributed by atoms with E-state index in [1.807, 2.05) is 30.3 Å². The molecule has 0 saturated heterocycles.